The number of hydrogen-bond acceptors (Lipinski definition) is 3. The number of primary amides is 1. The van der Waals surface area contributed by atoms with Crippen molar-refractivity contribution in [2.75, 3.05) is 6.54 Å². The van der Waals surface area contributed by atoms with Gasteiger partial charge in [0.1, 0.15) is 6.04 Å². The van der Waals surface area contributed by atoms with Crippen LogP contribution in [0.1, 0.15) is 29.6 Å². The molecule has 0 saturated carbocycles. The van der Waals surface area contributed by atoms with Gasteiger partial charge in [-0.1, -0.05) is 0 Å². The van der Waals surface area contributed by atoms with E-state index in [0.29, 0.717) is 23.2 Å². The highest BCUT2D eigenvalue weighted by Gasteiger charge is 2.32. The number of amides is 2. The van der Waals surface area contributed by atoms with Crippen molar-refractivity contribution in [1.82, 2.24) is 4.90 Å². The minimum atomic E-state index is -0.502. The molecule has 0 spiro atoms. The second-order valence-corrected chi connectivity index (χ2v) is 4.74. The molecule has 1 aliphatic heterocycles. The van der Waals surface area contributed by atoms with Crippen LogP contribution < -0.4 is 5.73 Å². The molecular weight excluding hydrogens is 288 g/mol. The summed E-state index contributed by atoms with van der Waals surface area (Å²) in [5.74, 6) is -0.660. The van der Waals surface area contributed by atoms with Gasteiger partial charge in [-0.15, -0.1) is 0 Å². The Morgan fingerprint density at radius 1 is 1.47 bits per heavy atom. The first kappa shape index (κ1) is 12.2. The number of nitrogens with zero attached hydrogens (tertiary/aromatic N) is 1. The molecule has 0 bridgehead atoms. The molecule has 92 valence electrons. The van der Waals surface area contributed by atoms with Gasteiger partial charge < -0.3 is 15.1 Å². The van der Waals surface area contributed by atoms with Gasteiger partial charge >= 0.3 is 0 Å². The maximum absolute atomic E-state index is 12.2. The van der Waals surface area contributed by atoms with E-state index in [-0.39, 0.29) is 5.91 Å². The molecule has 0 aromatic carbocycles. The Kier molecular flexibility index (Phi) is 3.51. The van der Waals surface area contributed by atoms with Crippen molar-refractivity contribution < 1.29 is 14.0 Å². The Bertz CT molecular complexity index is 444. The number of halogens is 1. The lowest BCUT2D eigenvalue weighted by atomic mass is 10.0. The predicted molar refractivity (Wildman–Crippen MR) is 64.3 cm³/mol. The molecule has 0 aliphatic carbocycles. The summed E-state index contributed by atoms with van der Waals surface area (Å²) in [6, 6.07) is 1.08. The van der Waals surface area contributed by atoms with Gasteiger partial charge in [0.25, 0.3) is 5.91 Å². The van der Waals surface area contributed by atoms with E-state index in [1.54, 1.807) is 6.07 Å². The monoisotopic (exact) mass is 300 g/mol. The van der Waals surface area contributed by atoms with E-state index in [0.717, 1.165) is 12.8 Å². The quantitative estimate of drug-likeness (QED) is 0.899. The van der Waals surface area contributed by atoms with Crippen molar-refractivity contribution in [2.24, 2.45) is 5.73 Å². The van der Waals surface area contributed by atoms with Crippen LogP contribution in [0.2, 0.25) is 0 Å². The summed E-state index contributed by atoms with van der Waals surface area (Å²) >= 11 is 3.16. The molecule has 1 unspecified atom stereocenters. The van der Waals surface area contributed by atoms with Crippen molar-refractivity contribution in [1.29, 1.82) is 0 Å². The summed E-state index contributed by atoms with van der Waals surface area (Å²) in [5.41, 5.74) is 5.75. The Hall–Kier alpha value is -1.30. The third-order valence-electron chi connectivity index (χ3n) is 2.94. The van der Waals surface area contributed by atoms with Gasteiger partial charge in [-0.2, -0.15) is 0 Å². The SMILES string of the molecule is NC(=O)C1CCCCN1C(=O)c1ccoc1Br. The standard InChI is InChI=1S/C11H13BrN2O3/c12-9-7(4-6-17-9)11(16)14-5-2-1-3-8(14)10(13)15/h4,6,8H,1-3,5H2,(H2,13,15). The Morgan fingerprint density at radius 3 is 2.82 bits per heavy atom. The fraction of sp³-hybridized carbons (Fsp3) is 0.455. The van der Waals surface area contributed by atoms with E-state index in [1.165, 1.54) is 11.2 Å². The molecule has 1 aromatic rings. The van der Waals surface area contributed by atoms with Gasteiger partial charge in [0.15, 0.2) is 4.67 Å². The number of carbonyl (C=O) groups excluding carboxylic acids is 2. The fourth-order valence-corrected chi connectivity index (χ4v) is 2.48. The van der Waals surface area contributed by atoms with E-state index in [1.807, 2.05) is 0 Å². The molecule has 1 aromatic heterocycles. The Labute approximate surface area is 107 Å². The van der Waals surface area contributed by atoms with Gasteiger partial charge in [-0.3, -0.25) is 9.59 Å². The first-order valence-electron chi connectivity index (χ1n) is 5.44. The summed E-state index contributed by atoms with van der Waals surface area (Å²) < 4.78 is 5.41. The number of nitrogens with two attached hydrogens (primary N) is 1. The largest absolute Gasteiger partial charge is 0.457 e. The molecule has 1 aliphatic rings. The van der Waals surface area contributed by atoms with E-state index in [9.17, 15) is 9.59 Å². The highest BCUT2D eigenvalue weighted by atomic mass is 79.9. The number of rotatable bonds is 2. The van der Waals surface area contributed by atoms with Gasteiger partial charge in [-0.25, -0.2) is 0 Å². The van der Waals surface area contributed by atoms with Crippen LogP contribution in [0.25, 0.3) is 0 Å². The average molecular weight is 301 g/mol. The maximum atomic E-state index is 12.2. The molecule has 2 heterocycles. The second-order valence-electron chi connectivity index (χ2n) is 4.02. The lowest BCUT2D eigenvalue weighted by Crippen LogP contribution is -2.50. The molecule has 17 heavy (non-hydrogen) atoms. The molecule has 2 amide bonds. The number of carbonyl (C=O) groups is 2. The molecule has 5 nitrogen and oxygen atoms in total. The molecule has 2 N–H and O–H groups in total. The molecule has 1 saturated heterocycles. The summed E-state index contributed by atoms with van der Waals surface area (Å²) in [6.07, 6.45) is 3.88. The normalized spacial score (nSPS) is 20.3. The lowest BCUT2D eigenvalue weighted by Gasteiger charge is -2.33. The number of furan rings is 1. The number of piperidine rings is 1. The van der Waals surface area contributed by atoms with Gasteiger partial charge in [0.05, 0.1) is 11.8 Å². The highest BCUT2D eigenvalue weighted by Crippen LogP contribution is 2.24. The summed E-state index contributed by atoms with van der Waals surface area (Å²) in [4.78, 5) is 25.1. The first-order chi connectivity index (χ1) is 8.11. The predicted octanol–water partition coefficient (Wildman–Crippen LogP) is 1.52. The smallest absolute Gasteiger partial charge is 0.259 e. The van der Waals surface area contributed by atoms with Crippen LogP contribution >= 0.6 is 15.9 Å². The van der Waals surface area contributed by atoms with Crippen molar-refractivity contribution in [3.63, 3.8) is 0 Å². The minimum Gasteiger partial charge on any atom is -0.457 e. The van der Waals surface area contributed by atoms with Crippen molar-refractivity contribution in [3.8, 4) is 0 Å². The minimum absolute atomic E-state index is 0.214. The topological polar surface area (TPSA) is 76.5 Å². The number of hydrogen-bond donors (Lipinski definition) is 1. The third kappa shape index (κ3) is 2.36. The first-order valence-corrected chi connectivity index (χ1v) is 6.24. The van der Waals surface area contributed by atoms with E-state index < -0.39 is 11.9 Å². The number of likely N-dealkylation sites (tertiary alicyclic amines) is 1. The molecular formula is C11H13BrN2O3. The zero-order valence-corrected chi connectivity index (χ0v) is 10.8. The van der Waals surface area contributed by atoms with Crippen LogP contribution in [0, 0.1) is 0 Å². The highest BCUT2D eigenvalue weighted by molar-refractivity contribution is 9.10. The summed E-state index contributed by atoms with van der Waals surface area (Å²) in [5, 5.41) is 0. The molecule has 0 radical (unpaired) electrons. The molecule has 1 fully saturated rings. The van der Waals surface area contributed by atoms with Gasteiger partial charge in [0.2, 0.25) is 5.91 Å². The van der Waals surface area contributed by atoms with Crippen molar-refractivity contribution >= 4 is 27.7 Å². The Balaban J connectivity index is 2.23. The summed E-state index contributed by atoms with van der Waals surface area (Å²) in [7, 11) is 0. The second kappa shape index (κ2) is 4.91. The Morgan fingerprint density at radius 2 is 2.24 bits per heavy atom. The van der Waals surface area contributed by atoms with E-state index in [4.69, 9.17) is 10.2 Å². The van der Waals surface area contributed by atoms with Crippen LogP contribution in [0.15, 0.2) is 21.4 Å². The summed E-state index contributed by atoms with van der Waals surface area (Å²) in [6.45, 7) is 0.560. The van der Waals surface area contributed by atoms with Crippen molar-refractivity contribution in [2.45, 2.75) is 25.3 Å². The molecule has 1 atom stereocenters. The fourth-order valence-electron chi connectivity index (χ4n) is 2.07. The van der Waals surface area contributed by atoms with Crippen molar-refractivity contribution in [3.05, 3.63) is 22.6 Å². The third-order valence-corrected chi connectivity index (χ3v) is 3.55. The lowest BCUT2D eigenvalue weighted by molar-refractivity contribution is -0.123. The maximum Gasteiger partial charge on any atom is 0.259 e. The zero-order valence-electron chi connectivity index (χ0n) is 9.19. The molecule has 6 heteroatoms. The van der Waals surface area contributed by atoms with E-state index >= 15 is 0 Å². The van der Waals surface area contributed by atoms with Crippen LogP contribution in [0.4, 0.5) is 0 Å². The van der Waals surface area contributed by atoms with Crippen LogP contribution in [-0.2, 0) is 4.79 Å². The van der Waals surface area contributed by atoms with Gasteiger partial charge in [-0.05, 0) is 41.3 Å². The van der Waals surface area contributed by atoms with Crippen LogP contribution in [-0.4, -0.2) is 29.3 Å². The van der Waals surface area contributed by atoms with Crippen LogP contribution in [0.5, 0.6) is 0 Å². The average Bonchev–Trinajstić information content (AvgIpc) is 2.74. The van der Waals surface area contributed by atoms with Crippen LogP contribution in [0.3, 0.4) is 0 Å². The van der Waals surface area contributed by atoms with E-state index in [2.05, 4.69) is 15.9 Å². The molecule has 2 rings (SSSR count). The van der Waals surface area contributed by atoms with Gasteiger partial charge in [0, 0.05) is 6.54 Å². The zero-order chi connectivity index (χ0) is 12.4.